The molecule has 0 saturated carbocycles. The summed E-state index contributed by atoms with van der Waals surface area (Å²) in [6, 6.07) is 0.0501. The third-order valence-corrected chi connectivity index (χ3v) is 5.24. The summed E-state index contributed by atoms with van der Waals surface area (Å²) in [7, 11) is 0. The number of nitrogens with zero attached hydrogens (tertiary/aromatic N) is 4. The van der Waals surface area contributed by atoms with E-state index in [0.29, 0.717) is 42.9 Å². The lowest BCUT2D eigenvalue weighted by Crippen LogP contribution is -2.47. The number of aryl methyl sites for hydroxylation is 1. The van der Waals surface area contributed by atoms with Crippen LogP contribution in [0, 0.1) is 0 Å². The van der Waals surface area contributed by atoms with Crippen molar-refractivity contribution in [3.8, 4) is 18.0 Å². The van der Waals surface area contributed by atoms with Crippen molar-refractivity contribution >= 4 is 11.7 Å². The third-order valence-electron chi connectivity index (χ3n) is 5.24. The lowest BCUT2D eigenvalue weighted by atomic mass is 9.93. The number of Topliss-reactive ketones (excluding diaryl/α,β-unsaturated/α-hetero) is 1. The number of rotatable bonds is 10. The summed E-state index contributed by atoms with van der Waals surface area (Å²) in [5.41, 5.74) is 0.728. The van der Waals surface area contributed by atoms with Gasteiger partial charge in [-0.3, -0.25) is 9.59 Å². The van der Waals surface area contributed by atoms with Crippen LogP contribution in [0.4, 0.5) is 0 Å². The molecule has 3 heterocycles. The number of furan rings is 1. The van der Waals surface area contributed by atoms with Gasteiger partial charge < -0.3 is 28.3 Å². The number of ketones is 1. The number of carbonyl (C=O) groups excluding carboxylic acids is 2. The second-order valence-corrected chi connectivity index (χ2v) is 7.66. The van der Waals surface area contributed by atoms with E-state index in [1.807, 2.05) is 0 Å². The fraction of sp³-hybridized carbons (Fsp3) is 0.435. The van der Waals surface area contributed by atoms with Crippen LogP contribution < -0.4 is 14.2 Å². The number of fused-ring (bicyclic) bond motifs is 1. The van der Waals surface area contributed by atoms with Crippen LogP contribution in [0.2, 0.25) is 0 Å². The van der Waals surface area contributed by atoms with E-state index < -0.39 is 6.10 Å². The molecule has 0 spiro atoms. The Bertz CT molecular complexity index is 1040. The average Bonchev–Trinajstić information content (AvgIpc) is 3.30. The molecule has 2 aliphatic rings. The van der Waals surface area contributed by atoms with Gasteiger partial charge in [0.15, 0.2) is 5.78 Å². The highest BCUT2D eigenvalue weighted by Gasteiger charge is 2.32. The molecule has 1 saturated heterocycles. The summed E-state index contributed by atoms with van der Waals surface area (Å²) < 4.78 is 27.7. The normalized spacial score (nSPS) is 17.6. The molecule has 180 valence electrons. The molecule has 1 aliphatic carbocycles. The van der Waals surface area contributed by atoms with E-state index in [1.54, 1.807) is 17.1 Å². The van der Waals surface area contributed by atoms with Gasteiger partial charge in [-0.1, -0.05) is 25.3 Å². The minimum Gasteiger partial charge on any atom is -0.468 e. The zero-order chi connectivity index (χ0) is 23.9. The lowest BCUT2D eigenvalue weighted by molar-refractivity contribution is -0.0416. The minimum absolute atomic E-state index is 0.00493. The van der Waals surface area contributed by atoms with Crippen molar-refractivity contribution in [3.63, 3.8) is 0 Å². The molecule has 1 unspecified atom stereocenters. The molecule has 1 aliphatic heterocycles. The van der Waals surface area contributed by atoms with Crippen LogP contribution in [-0.4, -0.2) is 77.2 Å². The number of ether oxygens (including phenoxy) is 4. The predicted octanol–water partition coefficient (Wildman–Crippen LogP) is 2.03. The first kappa shape index (κ1) is 23.4. The van der Waals surface area contributed by atoms with Crippen molar-refractivity contribution < 1.29 is 33.0 Å². The molecular weight excluding hydrogens is 444 g/mol. The van der Waals surface area contributed by atoms with Crippen molar-refractivity contribution in [3.05, 3.63) is 48.5 Å². The smallest absolute Gasteiger partial charge is 0.326 e. The fourth-order valence-electron chi connectivity index (χ4n) is 3.70. The number of amides is 1. The molecule has 1 atom stereocenters. The summed E-state index contributed by atoms with van der Waals surface area (Å²) in [6.07, 6.45) is 5.90. The number of hydrogen-bond acceptors (Lipinski definition) is 10. The van der Waals surface area contributed by atoms with Crippen LogP contribution in [0.3, 0.4) is 0 Å². The first-order valence-corrected chi connectivity index (χ1v) is 11.0. The monoisotopic (exact) mass is 470 g/mol. The Balaban J connectivity index is 1.40. The van der Waals surface area contributed by atoms with Gasteiger partial charge in [0.1, 0.15) is 37.9 Å². The second-order valence-electron chi connectivity index (χ2n) is 7.66. The molecule has 0 radical (unpaired) electrons. The topological polar surface area (TPSA) is 126 Å². The van der Waals surface area contributed by atoms with Gasteiger partial charge in [-0.25, -0.2) is 0 Å². The Hall–Kier alpha value is -3.73. The van der Waals surface area contributed by atoms with E-state index in [0.717, 1.165) is 6.42 Å². The Kier molecular flexibility index (Phi) is 7.53. The van der Waals surface area contributed by atoms with Crippen LogP contribution in [0.1, 0.15) is 39.3 Å². The first-order chi connectivity index (χ1) is 16.6. The SMILES string of the molecule is C=CCOc1nc(OCC=C)nc(OCC2CN(C(=O)c3coc4c3C(=O)CCC4)CCO2)n1. The Morgan fingerprint density at radius 3 is 2.44 bits per heavy atom. The molecule has 11 heteroatoms. The molecule has 0 bridgehead atoms. The number of carbonyl (C=O) groups is 2. The molecule has 2 aromatic heterocycles. The summed E-state index contributed by atoms with van der Waals surface area (Å²) in [5.74, 6) is 0.283. The van der Waals surface area contributed by atoms with Crippen LogP contribution in [0.5, 0.6) is 18.0 Å². The van der Waals surface area contributed by atoms with Crippen LogP contribution in [0.25, 0.3) is 0 Å². The maximum absolute atomic E-state index is 13.1. The number of aromatic nitrogens is 3. The summed E-state index contributed by atoms with van der Waals surface area (Å²) in [6.45, 7) is 8.66. The molecule has 2 aromatic rings. The molecule has 11 nitrogen and oxygen atoms in total. The molecule has 0 aromatic carbocycles. The summed E-state index contributed by atoms with van der Waals surface area (Å²) >= 11 is 0. The largest absolute Gasteiger partial charge is 0.468 e. The van der Waals surface area contributed by atoms with Gasteiger partial charge in [0.25, 0.3) is 5.91 Å². The van der Waals surface area contributed by atoms with Crippen LogP contribution in [0.15, 0.2) is 36.0 Å². The van der Waals surface area contributed by atoms with Gasteiger partial charge in [-0.2, -0.15) is 0 Å². The van der Waals surface area contributed by atoms with Gasteiger partial charge in [0.2, 0.25) is 0 Å². The van der Waals surface area contributed by atoms with E-state index in [4.69, 9.17) is 23.4 Å². The first-order valence-electron chi connectivity index (χ1n) is 11.0. The quantitative estimate of drug-likeness (QED) is 0.476. The fourth-order valence-corrected chi connectivity index (χ4v) is 3.70. The van der Waals surface area contributed by atoms with Crippen molar-refractivity contribution in [1.82, 2.24) is 19.9 Å². The molecular formula is C23H26N4O7. The highest BCUT2D eigenvalue weighted by molar-refractivity contribution is 6.09. The van der Waals surface area contributed by atoms with E-state index in [1.165, 1.54) is 6.26 Å². The highest BCUT2D eigenvalue weighted by atomic mass is 16.6. The predicted molar refractivity (Wildman–Crippen MR) is 118 cm³/mol. The van der Waals surface area contributed by atoms with E-state index in [9.17, 15) is 9.59 Å². The molecule has 0 N–H and O–H groups in total. The van der Waals surface area contributed by atoms with Crippen LogP contribution in [-0.2, 0) is 11.2 Å². The molecule has 34 heavy (non-hydrogen) atoms. The van der Waals surface area contributed by atoms with Gasteiger partial charge in [-0.05, 0) is 6.42 Å². The van der Waals surface area contributed by atoms with Crippen molar-refractivity contribution in [2.24, 2.45) is 0 Å². The zero-order valence-corrected chi connectivity index (χ0v) is 18.7. The van der Waals surface area contributed by atoms with Gasteiger partial charge in [0.05, 0.1) is 24.3 Å². The Labute approximate surface area is 196 Å². The van der Waals surface area contributed by atoms with Crippen molar-refractivity contribution in [2.75, 3.05) is 39.5 Å². The van der Waals surface area contributed by atoms with E-state index in [-0.39, 0.29) is 56.1 Å². The summed E-state index contributed by atoms with van der Waals surface area (Å²) in [4.78, 5) is 39.4. The lowest BCUT2D eigenvalue weighted by Gasteiger charge is -2.32. The minimum atomic E-state index is -0.428. The van der Waals surface area contributed by atoms with Gasteiger partial charge in [-0.15, -0.1) is 15.0 Å². The zero-order valence-electron chi connectivity index (χ0n) is 18.7. The van der Waals surface area contributed by atoms with Crippen LogP contribution >= 0.6 is 0 Å². The number of morpholine rings is 1. The molecule has 4 rings (SSSR count). The van der Waals surface area contributed by atoms with E-state index >= 15 is 0 Å². The number of hydrogen-bond donors (Lipinski definition) is 0. The maximum Gasteiger partial charge on any atom is 0.326 e. The maximum atomic E-state index is 13.1. The standard InChI is InChI=1S/C23H26N4O7/c1-3-9-31-21-24-22(32-10-4-2)26-23(25-21)34-13-15-12-27(8-11-30-15)20(29)16-14-33-18-7-5-6-17(28)19(16)18/h3-4,14-15H,1-2,5-13H2. The average molecular weight is 470 g/mol. The summed E-state index contributed by atoms with van der Waals surface area (Å²) in [5, 5.41) is 0. The van der Waals surface area contributed by atoms with Gasteiger partial charge >= 0.3 is 18.0 Å². The van der Waals surface area contributed by atoms with Crippen molar-refractivity contribution in [2.45, 2.75) is 25.4 Å². The Morgan fingerprint density at radius 2 is 1.76 bits per heavy atom. The van der Waals surface area contributed by atoms with Gasteiger partial charge in [0, 0.05) is 19.4 Å². The van der Waals surface area contributed by atoms with E-state index in [2.05, 4.69) is 28.1 Å². The third kappa shape index (κ3) is 5.42. The second kappa shape index (κ2) is 10.9. The highest BCUT2D eigenvalue weighted by Crippen LogP contribution is 2.27. The van der Waals surface area contributed by atoms with Crippen molar-refractivity contribution in [1.29, 1.82) is 0 Å². The molecule has 1 fully saturated rings. The molecule has 1 amide bonds. The Morgan fingerprint density at radius 1 is 1.09 bits per heavy atom.